The summed E-state index contributed by atoms with van der Waals surface area (Å²) in [5.41, 5.74) is 3.15. The van der Waals surface area contributed by atoms with Crippen molar-refractivity contribution in [1.29, 1.82) is 0 Å². The fourth-order valence-electron chi connectivity index (χ4n) is 4.52. The minimum atomic E-state index is -0.178. The Morgan fingerprint density at radius 3 is 2.24 bits per heavy atom. The first kappa shape index (κ1) is 21.6. The summed E-state index contributed by atoms with van der Waals surface area (Å²) in [5.74, 6) is 0.353. The number of piperidine rings is 1. The lowest BCUT2D eigenvalue weighted by molar-refractivity contribution is -0.132. The second-order valence-electron chi connectivity index (χ2n) is 8.50. The number of carbonyl (C=O) groups is 2. The van der Waals surface area contributed by atoms with Gasteiger partial charge in [-0.1, -0.05) is 36.0 Å². The van der Waals surface area contributed by atoms with Crippen LogP contribution in [0.2, 0.25) is 0 Å². The Bertz CT molecular complexity index is 1120. The molecule has 0 spiro atoms. The molecule has 0 radical (unpaired) electrons. The number of furan rings is 1. The number of likely N-dealkylation sites (tertiary alicyclic amines) is 1. The minimum Gasteiger partial charge on any atom is -0.459 e. The smallest absolute Gasteiger partial charge is 0.287 e. The number of nitrogens with one attached hydrogen (secondary N) is 1. The van der Waals surface area contributed by atoms with E-state index in [9.17, 15) is 9.59 Å². The zero-order chi connectivity index (χ0) is 22.8. The van der Waals surface area contributed by atoms with Crippen LogP contribution in [0.25, 0.3) is 0 Å². The number of aryl methyl sites for hydroxylation is 1. The summed E-state index contributed by atoms with van der Waals surface area (Å²) < 4.78 is 5.28. The second kappa shape index (κ2) is 9.35. The molecule has 2 aliphatic heterocycles. The van der Waals surface area contributed by atoms with E-state index in [4.69, 9.17) is 4.42 Å². The van der Waals surface area contributed by atoms with E-state index < -0.39 is 0 Å². The number of benzene rings is 2. The molecule has 2 amide bonds. The highest BCUT2D eigenvalue weighted by Gasteiger charge is 2.27. The van der Waals surface area contributed by atoms with Gasteiger partial charge in [0, 0.05) is 47.5 Å². The van der Waals surface area contributed by atoms with Crippen molar-refractivity contribution in [3.8, 4) is 0 Å². The maximum atomic E-state index is 13.0. The number of hydrogen-bond acceptors (Lipinski definition) is 5. The van der Waals surface area contributed by atoms with Crippen LogP contribution in [0.15, 0.2) is 75.1 Å². The zero-order valence-electron chi connectivity index (χ0n) is 18.6. The molecule has 1 saturated heterocycles. The van der Waals surface area contributed by atoms with Crippen molar-refractivity contribution in [3.63, 3.8) is 0 Å². The van der Waals surface area contributed by atoms with Crippen LogP contribution in [0, 0.1) is 6.92 Å². The van der Waals surface area contributed by atoms with Gasteiger partial charge in [0.05, 0.1) is 17.6 Å². The molecule has 170 valence electrons. The third kappa shape index (κ3) is 4.50. The van der Waals surface area contributed by atoms with E-state index in [2.05, 4.69) is 46.6 Å². The Morgan fingerprint density at radius 2 is 1.64 bits per heavy atom. The van der Waals surface area contributed by atoms with Gasteiger partial charge < -0.3 is 19.5 Å². The number of amides is 2. The average molecular weight is 462 g/mol. The van der Waals surface area contributed by atoms with Crippen LogP contribution in [-0.2, 0) is 4.79 Å². The molecule has 2 aliphatic rings. The molecule has 7 heteroatoms. The van der Waals surface area contributed by atoms with Crippen molar-refractivity contribution in [2.45, 2.75) is 42.0 Å². The van der Waals surface area contributed by atoms with Crippen LogP contribution in [0.4, 0.5) is 11.4 Å². The van der Waals surface area contributed by atoms with Crippen molar-refractivity contribution < 1.29 is 14.0 Å². The van der Waals surface area contributed by atoms with E-state index in [0.717, 1.165) is 29.8 Å². The maximum Gasteiger partial charge on any atom is 0.287 e. The van der Waals surface area contributed by atoms with E-state index in [1.165, 1.54) is 16.1 Å². The van der Waals surface area contributed by atoms with Crippen molar-refractivity contribution in [3.05, 3.63) is 72.2 Å². The largest absolute Gasteiger partial charge is 0.459 e. The number of rotatable bonds is 5. The molecule has 33 heavy (non-hydrogen) atoms. The third-order valence-corrected chi connectivity index (χ3v) is 7.46. The molecule has 2 aromatic carbocycles. The summed E-state index contributed by atoms with van der Waals surface area (Å²) in [6, 6.07) is 18.6. The minimum absolute atomic E-state index is 0.0592. The van der Waals surface area contributed by atoms with Gasteiger partial charge in [0.1, 0.15) is 0 Å². The van der Waals surface area contributed by atoms with Gasteiger partial charge in [-0.05, 0) is 50.1 Å². The molecule has 1 fully saturated rings. The highest BCUT2D eigenvalue weighted by atomic mass is 32.2. The quantitative estimate of drug-likeness (QED) is 0.579. The lowest BCUT2D eigenvalue weighted by atomic mass is 10.0. The van der Waals surface area contributed by atoms with Crippen LogP contribution in [0.1, 0.15) is 35.4 Å². The Balaban J connectivity index is 1.18. The Labute approximate surface area is 197 Å². The van der Waals surface area contributed by atoms with Gasteiger partial charge in [-0.15, -0.1) is 0 Å². The second-order valence-corrected chi connectivity index (χ2v) is 9.58. The fraction of sp³-hybridized carbons (Fsp3) is 0.308. The summed E-state index contributed by atoms with van der Waals surface area (Å²) >= 11 is 1.78. The average Bonchev–Trinajstić information content (AvgIpc) is 3.28. The van der Waals surface area contributed by atoms with E-state index >= 15 is 0 Å². The summed E-state index contributed by atoms with van der Waals surface area (Å²) in [5, 5.41) is 3.05. The first-order valence-electron chi connectivity index (χ1n) is 11.4. The number of carbonyl (C=O) groups excluding carboxylic acids is 2. The summed E-state index contributed by atoms with van der Waals surface area (Å²) in [7, 11) is 0. The molecule has 3 heterocycles. The van der Waals surface area contributed by atoms with Crippen molar-refractivity contribution in [2.24, 2.45) is 0 Å². The van der Waals surface area contributed by atoms with Gasteiger partial charge in [0.2, 0.25) is 5.91 Å². The molecule has 1 aromatic heterocycles. The van der Waals surface area contributed by atoms with Gasteiger partial charge in [0.15, 0.2) is 5.76 Å². The SMILES string of the molecule is Cc1ccoc1C(=O)NC1CCN(C(=O)CCN2c3ccccc3Sc3ccccc32)CC1. The molecule has 3 aromatic rings. The van der Waals surface area contributed by atoms with Crippen LogP contribution >= 0.6 is 11.8 Å². The third-order valence-electron chi connectivity index (χ3n) is 6.33. The summed E-state index contributed by atoms with van der Waals surface area (Å²) in [4.78, 5) is 32.0. The first-order valence-corrected chi connectivity index (χ1v) is 12.2. The number of anilines is 2. The van der Waals surface area contributed by atoms with Crippen molar-refractivity contribution >= 4 is 35.0 Å². The highest BCUT2D eigenvalue weighted by Crippen LogP contribution is 2.47. The highest BCUT2D eigenvalue weighted by molar-refractivity contribution is 7.99. The number of hydrogen-bond donors (Lipinski definition) is 1. The van der Waals surface area contributed by atoms with E-state index in [1.54, 1.807) is 17.8 Å². The Hall–Kier alpha value is -3.19. The van der Waals surface area contributed by atoms with Gasteiger partial charge in [-0.3, -0.25) is 9.59 Å². The molecule has 0 saturated carbocycles. The van der Waals surface area contributed by atoms with Gasteiger partial charge in [-0.25, -0.2) is 0 Å². The summed E-state index contributed by atoms with van der Waals surface area (Å²) in [6.45, 7) is 3.81. The molecule has 5 rings (SSSR count). The predicted molar refractivity (Wildman–Crippen MR) is 129 cm³/mol. The lowest BCUT2D eigenvalue weighted by Crippen LogP contribution is -2.47. The fourth-order valence-corrected chi connectivity index (χ4v) is 5.61. The van der Waals surface area contributed by atoms with Gasteiger partial charge in [-0.2, -0.15) is 0 Å². The first-order chi connectivity index (χ1) is 16.1. The van der Waals surface area contributed by atoms with Gasteiger partial charge >= 0.3 is 0 Å². The molecule has 0 unspecified atom stereocenters. The maximum absolute atomic E-state index is 13.0. The normalized spacial score (nSPS) is 15.7. The molecule has 0 atom stereocenters. The molecule has 0 bridgehead atoms. The molecule has 1 N–H and O–H groups in total. The van der Waals surface area contributed by atoms with Gasteiger partial charge in [0.25, 0.3) is 5.91 Å². The van der Waals surface area contributed by atoms with E-state index in [1.807, 2.05) is 24.0 Å². The van der Waals surface area contributed by atoms with E-state index in [-0.39, 0.29) is 17.9 Å². The molecule has 0 aliphatic carbocycles. The predicted octanol–water partition coefficient (Wildman–Crippen LogP) is 5.00. The monoisotopic (exact) mass is 461 g/mol. The number of fused-ring (bicyclic) bond motifs is 2. The van der Waals surface area contributed by atoms with Crippen LogP contribution in [0.5, 0.6) is 0 Å². The Kier molecular flexibility index (Phi) is 6.13. The van der Waals surface area contributed by atoms with Crippen LogP contribution < -0.4 is 10.2 Å². The van der Waals surface area contributed by atoms with Crippen LogP contribution in [0.3, 0.4) is 0 Å². The zero-order valence-corrected chi connectivity index (χ0v) is 19.4. The molecular weight excluding hydrogens is 434 g/mol. The lowest BCUT2D eigenvalue weighted by Gasteiger charge is -2.35. The van der Waals surface area contributed by atoms with Crippen LogP contribution in [-0.4, -0.2) is 42.4 Å². The topological polar surface area (TPSA) is 65.8 Å². The summed E-state index contributed by atoms with van der Waals surface area (Å²) in [6.07, 6.45) is 3.49. The molecular formula is C26H27N3O3S. The number of para-hydroxylation sites is 2. The molecule has 6 nitrogen and oxygen atoms in total. The number of nitrogens with zero attached hydrogens (tertiary/aromatic N) is 2. The van der Waals surface area contributed by atoms with Crippen molar-refractivity contribution in [1.82, 2.24) is 10.2 Å². The van der Waals surface area contributed by atoms with E-state index in [0.29, 0.717) is 31.8 Å². The van der Waals surface area contributed by atoms with Crippen molar-refractivity contribution in [2.75, 3.05) is 24.5 Å². The Morgan fingerprint density at radius 1 is 1.00 bits per heavy atom. The standard InChI is InChI=1S/C26H27N3O3S/c1-18-13-17-32-25(18)26(31)27-19-10-14-28(15-11-19)24(30)12-16-29-20-6-2-4-8-22(20)33-23-9-5-3-7-21(23)29/h2-9,13,17,19H,10-12,14-16H2,1H3,(H,27,31).